The first-order chi connectivity index (χ1) is 13.3. The second-order valence-electron chi connectivity index (χ2n) is 7.46. The van der Waals surface area contributed by atoms with E-state index in [9.17, 15) is 13.2 Å². The van der Waals surface area contributed by atoms with Crippen molar-refractivity contribution in [2.24, 2.45) is 5.73 Å². The molecule has 0 saturated carbocycles. The molecule has 28 heavy (non-hydrogen) atoms. The van der Waals surface area contributed by atoms with Crippen molar-refractivity contribution in [3.05, 3.63) is 12.2 Å². The standard InChI is InChI=1S/C19H35O.C2H7NO3S.Na/c1-2-3-4-5-6-7-8-9-10-11-12-13-14-15-16-17-18-19-20;3-1-2-7(4,5)6;/h10-11H,2-9,12-18H2,1H3;1-3H2,(H,4,5,6);/b11-10-;;. The van der Waals surface area contributed by atoms with Crippen molar-refractivity contribution >= 4 is 41.1 Å². The van der Waals surface area contributed by atoms with Gasteiger partial charge in [0.05, 0.1) is 5.75 Å². The summed E-state index contributed by atoms with van der Waals surface area (Å²) in [5.74, 6) is -0.354. The third kappa shape index (κ3) is 33.8. The minimum Gasteiger partial charge on any atom is -0.329 e. The molecule has 0 aromatic carbocycles. The maximum Gasteiger partial charge on any atom is 0.266 e. The molecule has 0 unspecified atom stereocenters. The van der Waals surface area contributed by atoms with Gasteiger partial charge in [0.25, 0.3) is 10.1 Å². The van der Waals surface area contributed by atoms with Crippen LogP contribution in [0.1, 0.15) is 103 Å². The molecular formula is C21H42NNaO4S. The molecule has 0 aliphatic rings. The van der Waals surface area contributed by atoms with Gasteiger partial charge in [0.2, 0.25) is 0 Å². The number of allylic oxidation sites excluding steroid dienone is 2. The van der Waals surface area contributed by atoms with E-state index in [1.807, 2.05) is 0 Å². The predicted molar refractivity (Wildman–Crippen MR) is 120 cm³/mol. The SMILES string of the molecule is CCCCCCCCC/C=C\CCCCCCC[C](=O)[Na].NCCS(=O)(=O)O. The van der Waals surface area contributed by atoms with Crippen LogP contribution in [0.4, 0.5) is 0 Å². The summed E-state index contributed by atoms with van der Waals surface area (Å²) in [7, 11) is -3.80. The summed E-state index contributed by atoms with van der Waals surface area (Å²) in [5, 5.41) is 0. The predicted octanol–water partition coefficient (Wildman–Crippen LogP) is 4.94. The molecule has 0 radical (unpaired) electrons. The fraction of sp³-hybridized carbons (Fsp3) is 0.857. The number of nitrogens with two attached hydrogens (primary N) is 1. The van der Waals surface area contributed by atoms with Gasteiger partial charge in [-0.2, -0.15) is 8.42 Å². The zero-order valence-electron chi connectivity index (χ0n) is 18.3. The number of carbonyl (C=O) groups is 1. The van der Waals surface area contributed by atoms with Gasteiger partial charge in [-0.05, 0) is 0 Å². The van der Waals surface area contributed by atoms with Gasteiger partial charge < -0.3 is 5.73 Å². The molecule has 0 rings (SSSR count). The molecule has 0 atom stereocenters. The largest absolute Gasteiger partial charge is 0.329 e. The van der Waals surface area contributed by atoms with E-state index in [1.165, 1.54) is 83.5 Å². The Labute approximate surface area is 191 Å². The second-order valence-corrected chi connectivity index (χ2v) is 10.2. The quantitative estimate of drug-likeness (QED) is 0.140. The van der Waals surface area contributed by atoms with Crippen molar-refractivity contribution < 1.29 is 17.8 Å². The first-order valence-electron chi connectivity index (χ1n) is 11.1. The maximum atomic E-state index is 10.8. The van der Waals surface area contributed by atoms with Gasteiger partial charge >= 0.3 is 106 Å². The zero-order chi connectivity index (χ0) is 21.5. The fourth-order valence-electron chi connectivity index (χ4n) is 2.77. The van der Waals surface area contributed by atoms with Crippen LogP contribution in [0.5, 0.6) is 0 Å². The first kappa shape index (κ1) is 30.5. The van der Waals surface area contributed by atoms with Crippen molar-refractivity contribution in [3.63, 3.8) is 0 Å². The molecule has 0 aromatic heterocycles. The van der Waals surface area contributed by atoms with Gasteiger partial charge in [-0.25, -0.2) is 0 Å². The minimum absolute atomic E-state index is 0.0289. The smallest absolute Gasteiger partial charge is 0.266 e. The van der Waals surface area contributed by atoms with E-state index < -0.39 is 10.1 Å². The van der Waals surface area contributed by atoms with Gasteiger partial charge in [0.1, 0.15) is 0 Å². The van der Waals surface area contributed by atoms with Crippen LogP contribution in [0.2, 0.25) is 0 Å². The van der Waals surface area contributed by atoms with E-state index in [2.05, 4.69) is 19.1 Å². The number of hydrogen-bond acceptors (Lipinski definition) is 4. The molecule has 5 nitrogen and oxygen atoms in total. The summed E-state index contributed by atoms with van der Waals surface area (Å²) < 4.78 is 27.8. The molecule has 0 spiro atoms. The minimum atomic E-state index is -3.80. The van der Waals surface area contributed by atoms with E-state index in [0.29, 0.717) is 3.03 Å². The first-order valence-corrected chi connectivity index (χ1v) is 13.7. The Morgan fingerprint density at radius 2 is 1.29 bits per heavy atom. The molecule has 0 fully saturated rings. The molecule has 162 valence electrons. The van der Waals surface area contributed by atoms with Crippen molar-refractivity contribution in [1.29, 1.82) is 0 Å². The molecule has 0 amide bonds. The Morgan fingerprint density at radius 3 is 1.64 bits per heavy atom. The summed E-state index contributed by atoms with van der Waals surface area (Å²) in [5.41, 5.74) is 4.78. The van der Waals surface area contributed by atoms with E-state index in [1.54, 1.807) is 0 Å². The fourth-order valence-corrected chi connectivity index (χ4v) is 3.42. The average Bonchev–Trinajstić information content (AvgIpc) is 2.60. The van der Waals surface area contributed by atoms with Crippen LogP contribution in [0.3, 0.4) is 0 Å². The van der Waals surface area contributed by atoms with Crippen LogP contribution >= 0.6 is 0 Å². The molecule has 0 aliphatic carbocycles. The van der Waals surface area contributed by atoms with Gasteiger partial charge in [-0.15, -0.1) is 0 Å². The number of hydrogen-bond donors (Lipinski definition) is 2. The van der Waals surface area contributed by atoms with Crippen LogP contribution < -0.4 is 5.73 Å². The summed E-state index contributed by atoms with van der Waals surface area (Å²) in [6.45, 7) is 2.25. The van der Waals surface area contributed by atoms with Crippen LogP contribution in [0, 0.1) is 0 Å². The third-order valence-electron chi connectivity index (χ3n) is 4.42. The molecule has 0 heterocycles. The monoisotopic (exact) mass is 427 g/mol. The van der Waals surface area contributed by atoms with Gasteiger partial charge in [0, 0.05) is 6.54 Å². The van der Waals surface area contributed by atoms with Gasteiger partial charge in [-0.1, -0.05) is 45.4 Å². The molecule has 0 bridgehead atoms. The van der Waals surface area contributed by atoms with E-state index >= 15 is 0 Å². The Balaban J connectivity index is 0. The van der Waals surface area contributed by atoms with Crippen LogP contribution in [-0.4, -0.2) is 56.2 Å². The van der Waals surface area contributed by atoms with Crippen molar-refractivity contribution in [1.82, 2.24) is 0 Å². The van der Waals surface area contributed by atoms with Crippen molar-refractivity contribution in [3.8, 4) is 0 Å². The molecule has 3 N–H and O–H groups in total. The van der Waals surface area contributed by atoms with Crippen molar-refractivity contribution in [2.75, 3.05) is 12.3 Å². The Kier molecular flexibility index (Phi) is 25.6. The van der Waals surface area contributed by atoms with Crippen LogP contribution in [-0.2, 0) is 14.9 Å². The Hall–Kier alpha value is 0.280. The zero-order valence-corrected chi connectivity index (χ0v) is 21.1. The van der Waals surface area contributed by atoms with Crippen LogP contribution in [0.25, 0.3) is 0 Å². The Morgan fingerprint density at radius 1 is 0.857 bits per heavy atom. The van der Waals surface area contributed by atoms with Crippen LogP contribution in [0.15, 0.2) is 12.2 Å². The van der Waals surface area contributed by atoms with E-state index in [-0.39, 0.29) is 12.3 Å². The molecule has 0 aliphatic heterocycles. The summed E-state index contributed by atoms with van der Waals surface area (Å²) in [6, 6.07) is 0. The summed E-state index contributed by atoms with van der Waals surface area (Å²) in [4.78, 5) is 10.8. The maximum absolute atomic E-state index is 10.8. The van der Waals surface area contributed by atoms with E-state index in [0.717, 1.165) is 40.8 Å². The molecule has 0 saturated heterocycles. The third-order valence-corrected chi connectivity index (χ3v) is 5.67. The molecular weight excluding hydrogens is 385 g/mol. The molecule has 7 heteroatoms. The average molecular weight is 428 g/mol. The summed E-state index contributed by atoms with van der Waals surface area (Å²) >= 11 is 0.742. The number of rotatable bonds is 18. The topological polar surface area (TPSA) is 97.5 Å². The Bertz CT molecular complexity index is 467. The molecule has 0 aromatic rings. The van der Waals surface area contributed by atoms with Gasteiger partial charge in [0.15, 0.2) is 0 Å². The van der Waals surface area contributed by atoms with Crippen molar-refractivity contribution in [2.45, 2.75) is 103 Å². The normalized spacial score (nSPS) is 11.5. The van der Waals surface area contributed by atoms with Gasteiger partial charge in [-0.3, -0.25) is 4.55 Å². The van der Waals surface area contributed by atoms with E-state index in [4.69, 9.17) is 10.3 Å². The number of carbonyl (C=O) groups excluding carboxylic acids is 1. The summed E-state index contributed by atoms with van der Waals surface area (Å²) in [6.07, 6.45) is 24.3. The number of unbranched alkanes of at least 4 members (excludes halogenated alkanes) is 12. The second kappa shape index (κ2) is 23.6.